The molecule has 1 nitrogen and oxygen atoms in total. The molecular weight excluding hydrogens is 233 g/mol. The van der Waals surface area contributed by atoms with Crippen molar-refractivity contribution in [3.05, 3.63) is 34.6 Å². The molecule has 0 atom stereocenters. The molecule has 0 saturated carbocycles. The molecule has 0 heterocycles. The molecule has 1 rings (SSSR count). The third-order valence-corrected chi connectivity index (χ3v) is 1.47. The maximum absolute atomic E-state index is 12.6. The maximum atomic E-state index is 12.6. The van der Waals surface area contributed by atoms with Gasteiger partial charge < -0.3 is 5.41 Å². The molecule has 0 aliphatic carbocycles. The molecule has 0 unspecified atom stereocenters. The van der Waals surface area contributed by atoms with Crippen LogP contribution in [0, 0.1) is 11.2 Å². The predicted octanol–water partition coefficient (Wildman–Crippen LogP) is 4.19. The summed E-state index contributed by atoms with van der Waals surface area (Å²) in [6.45, 7) is 6.16. The molecule has 4 heteroatoms. The zero-order chi connectivity index (χ0) is 12.1. The zero-order valence-corrected chi connectivity index (χ0v) is 10.7. The Kier molecular flexibility index (Phi) is 5.91. The Labute approximate surface area is 101 Å². The molecule has 0 fully saturated rings. The van der Waals surface area contributed by atoms with Crippen molar-refractivity contribution in [1.82, 2.24) is 0 Å². The van der Waals surface area contributed by atoms with E-state index in [0.29, 0.717) is 0 Å². The fourth-order valence-corrected chi connectivity index (χ4v) is 0.866. The number of halogens is 2. The van der Waals surface area contributed by atoms with E-state index >= 15 is 0 Å². The lowest BCUT2D eigenvalue weighted by molar-refractivity contribution is 0.626. The summed E-state index contributed by atoms with van der Waals surface area (Å²) in [4.78, 5) is 0. The van der Waals surface area contributed by atoms with Crippen LogP contribution in [-0.4, -0.2) is 11.0 Å². The minimum atomic E-state index is -0.456. The highest BCUT2D eigenvalue weighted by molar-refractivity contribution is 7.81. The summed E-state index contributed by atoms with van der Waals surface area (Å²) in [5.41, 5.74) is 0.143. The van der Waals surface area contributed by atoms with Gasteiger partial charge in [0.1, 0.15) is 5.82 Å². The highest BCUT2D eigenvalue weighted by atomic mass is 35.5. The highest BCUT2D eigenvalue weighted by Crippen LogP contribution is 2.15. The maximum Gasteiger partial charge on any atom is 0.133 e. The van der Waals surface area contributed by atoms with Crippen LogP contribution >= 0.6 is 24.2 Å². The van der Waals surface area contributed by atoms with Crippen molar-refractivity contribution in [1.29, 1.82) is 5.41 Å². The Morgan fingerprint density at radius 3 is 2.13 bits per heavy atom. The summed E-state index contributed by atoms with van der Waals surface area (Å²) in [7, 11) is 0. The van der Waals surface area contributed by atoms with Gasteiger partial charge in [-0.25, -0.2) is 4.39 Å². The molecular formula is C11H15ClFNS. The largest absolute Gasteiger partial charge is 0.308 e. The quantitative estimate of drug-likeness (QED) is 0.549. The van der Waals surface area contributed by atoms with Crippen LogP contribution in [0.15, 0.2) is 18.2 Å². The van der Waals surface area contributed by atoms with Gasteiger partial charge in [0.05, 0.1) is 5.02 Å². The van der Waals surface area contributed by atoms with Crippen LogP contribution in [0.3, 0.4) is 0 Å². The Balaban J connectivity index is 0.000000336. The van der Waals surface area contributed by atoms with Crippen LogP contribution in [0.25, 0.3) is 0 Å². The highest BCUT2D eigenvalue weighted by Gasteiger charge is 2.01. The minimum absolute atomic E-state index is 0.143. The number of thiol groups is 1. The molecule has 0 bridgehead atoms. The smallest absolute Gasteiger partial charge is 0.133 e. The molecule has 1 N–H and O–H groups in total. The normalized spacial score (nSPS) is 10.3. The molecule has 84 valence electrons. The van der Waals surface area contributed by atoms with E-state index < -0.39 is 5.82 Å². The molecule has 0 radical (unpaired) electrons. The van der Waals surface area contributed by atoms with Crippen molar-refractivity contribution in [2.24, 2.45) is 0 Å². The van der Waals surface area contributed by atoms with E-state index in [1.165, 1.54) is 12.1 Å². The van der Waals surface area contributed by atoms with Crippen molar-refractivity contribution < 1.29 is 4.39 Å². The first-order valence-electron chi connectivity index (χ1n) is 4.42. The van der Waals surface area contributed by atoms with Crippen LogP contribution in [-0.2, 0) is 0 Å². The van der Waals surface area contributed by atoms with Gasteiger partial charge in [-0.15, -0.1) is 0 Å². The third kappa shape index (κ3) is 7.40. The summed E-state index contributed by atoms with van der Waals surface area (Å²) in [5.74, 6) is -0.456. The van der Waals surface area contributed by atoms with Crippen molar-refractivity contribution >= 4 is 30.4 Å². The van der Waals surface area contributed by atoms with Crippen LogP contribution in [0.1, 0.15) is 26.3 Å². The first-order chi connectivity index (χ1) is 6.75. The lowest BCUT2D eigenvalue weighted by Crippen LogP contribution is -1.99. The van der Waals surface area contributed by atoms with Gasteiger partial charge in [0.25, 0.3) is 0 Å². The number of hydrogen-bond donors (Lipinski definition) is 2. The average molecular weight is 248 g/mol. The van der Waals surface area contributed by atoms with E-state index in [1.54, 1.807) is 6.07 Å². The zero-order valence-electron chi connectivity index (χ0n) is 9.01. The molecule has 0 aliphatic heterocycles. The Bertz CT molecular complexity index is 308. The Hall–Kier alpha value is -0.540. The summed E-state index contributed by atoms with van der Waals surface area (Å²) in [5, 5.41) is 7.05. The second kappa shape index (κ2) is 6.13. The van der Waals surface area contributed by atoms with E-state index in [2.05, 4.69) is 33.4 Å². The lowest BCUT2D eigenvalue weighted by atomic mass is 10.2. The summed E-state index contributed by atoms with van der Waals surface area (Å²) in [6, 6.07) is 4.32. The van der Waals surface area contributed by atoms with E-state index in [9.17, 15) is 4.39 Å². The molecule has 0 saturated heterocycles. The molecule has 0 aliphatic rings. The number of rotatable bonds is 1. The number of hydrogen-bond acceptors (Lipinski definition) is 2. The van der Waals surface area contributed by atoms with Crippen molar-refractivity contribution in [3.8, 4) is 0 Å². The third-order valence-electron chi connectivity index (χ3n) is 1.14. The SMILES string of the molecule is CC(C)(C)S.N=Cc1c(F)cccc1Cl. The Morgan fingerprint density at radius 2 is 1.87 bits per heavy atom. The van der Waals surface area contributed by atoms with Gasteiger partial charge in [0.2, 0.25) is 0 Å². The molecule has 15 heavy (non-hydrogen) atoms. The van der Waals surface area contributed by atoms with Crippen molar-refractivity contribution in [2.45, 2.75) is 25.5 Å². The van der Waals surface area contributed by atoms with Gasteiger partial charge in [0.15, 0.2) is 0 Å². The first kappa shape index (κ1) is 14.5. The lowest BCUT2D eigenvalue weighted by Gasteiger charge is -2.04. The van der Waals surface area contributed by atoms with Gasteiger partial charge in [0, 0.05) is 16.5 Å². The molecule has 1 aromatic carbocycles. The van der Waals surface area contributed by atoms with Gasteiger partial charge in [-0.05, 0) is 12.1 Å². The molecule has 0 amide bonds. The van der Waals surface area contributed by atoms with E-state index in [0.717, 1.165) is 6.21 Å². The minimum Gasteiger partial charge on any atom is -0.308 e. The number of benzene rings is 1. The summed E-state index contributed by atoms with van der Waals surface area (Å²) in [6.07, 6.45) is 0.900. The van der Waals surface area contributed by atoms with Gasteiger partial charge in [-0.3, -0.25) is 0 Å². The van der Waals surface area contributed by atoms with Crippen LogP contribution in [0.2, 0.25) is 5.02 Å². The van der Waals surface area contributed by atoms with E-state index in [-0.39, 0.29) is 15.3 Å². The van der Waals surface area contributed by atoms with Gasteiger partial charge in [-0.2, -0.15) is 12.6 Å². The monoisotopic (exact) mass is 247 g/mol. The fraction of sp³-hybridized carbons (Fsp3) is 0.364. The molecule has 0 spiro atoms. The second-order valence-corrected chi connectivity index (χ2v) is 5.70. The van der Waals surface area contributed by atoms with Crippen molar-refractivity contribution in [2.75, 3.05) is 0 Å². The van der Waals surface area contributed by atoms with E-state index in [1.807, 2.05) is 0 Å². The van der Waals surface area contributed by atoms with Gasteiger partial charge in [-0.1, -0.05) is 38.4 Å². The second-order valence-electron chi connectivity index (χ2n) is 3.95. The van der Waals surface area contributed by atoms with Gasteiger partial charge >= 0.3 is 0 Å². The Morgan fingerprint density at radius 1 is 1.40 bits per heavy atom. The first-order valence-corrected chi connectivity index (χ1v) is 5.25. The standard InChI is InChI=1S/C7H5ClFN.C4H10S/c8-6-2-1-3-7(9)5(6)4-10;1-4(2,3)5/h1-4,10H;5H,1-3H3. The van der Waals surface area contributed by atoms with Crippen LogP contribution in [0.4, 0.5) is 4.39 Å². The topological polar surface area (TPSA) is 23.9 Å². The number of nitrogens with one attached hydrogen (secondary N) is 1. The molecule has 1 aromatic rings. The van der Waals surface area contributed by atoms with Crippen molar-refractivity contribution in [3.63, 3.8) is 0 Å². The van der Waals surface area contributed by atoms with Crippen LogP contribution in [0.5, 0.6) is 0 Å². The molecule has 0 aromatic heterocycles. The summed E-state index contributed by atoms with van der Waals surface area (Å²) >= 11 is 9.66. The van der Waals surface area contributed by atoms with Crippen LogP contribution < -0.4 is 0 Å². The predicted molar refractivity (Wildman–Crippen MR) is 68.0 cm³/mol. The van der Waals surface area contributed by atoms with E-state index in [4.69, 9.17) is 17.0 Å². The fourth-order valence-electron chi connectivity index (χ4n) is 0.649. The summed E-state index contributed by atoms with van der Waals surface area (Å²) < 4.78 is 12.8. The average Bonchev–Trinajstić information content (AvgIpc) is 2.01.